The van der Waals surface area contributed by atoms with Crippen LogP contribution in [0.25, 0.3) is 22.3 Å². The van der Waals surface area contributed by atoms with E-state index in [1.807, 2.05) is 0 Å². The van der Waals surface area contributed by atoms with Crippen LogP contribution in [0.4, 0.5) is 34.1 Å². The molecule has 60 heavy (non-hydrogen) atoms. The molecule has 0 radical (unpaired) electrons. The van der Waals surface area contributed by atoms with Gasteiger partial charge in [0, 0.05) is 45.0 Å². The molecular weight excluding hydrogens is 725 g/mol. The Balaban J connectivity index is 1.21. The van der Waals surface area contributed by atoms with Crippen molar-refractivity contribution in [3.8, 4) is 22.3 Å². The highest BCUT2D eigenvalue weighted by Gasteiger charge is 2.47. The first-order chi connectivity index (χ1) is 28.4. The molecule has 0 fully saturated rings. The summed E-state index contributed by atoms with van der Waals surface area (Å²) in [5.41, 5.74) is 31.1. The molecule has 0 amide bonds. The third kappa shape index (κ3) is 5.97. The van der Waals surface area contributed by atoms with E-state index >= 15 is 0 Å². The van der Waals surface area contributed by atoms with Crippen molar-refractivity contribution in [1.82, 2.24) is 0 Å². The van der Waals surface area contributed by atoms with Gasteiger partial charge >= 0.3 is 0 Å². The molecule has 0 unspecified atom stereocenters. The summed E-state index contributed by atoms with van der Waals surface area (Å²) in [4.78, 5) is 4.94. The second kappa shape index (κ2) is 13.8. The average Bonchev–Trinajstić information content (AvgIpc) is 3.57. The Morgan fingerprint density at radius 1 is 0.283 bits per heavy atom. The molecule has 9 rings (SSSR count). The first-order valence-corrected chi connectivity index (χ1v) is 21.8. The van der Waals surface area contributed by atoms with Gasteiger partial charge in [-0.1, -0.05) is 64.1 Å². The Morgan fingerprint density at radius 2 is 0.550 bits per heavy atom. The molecule has 0 spiro atoms. The van der Waals surface area contributed by atoms with E-state index in [-0.39, 0.29) is 10.8 Å². The lowest BCUT2D eigenvalue weighted by atomic mass is 9.72. The van der Waals surface area contributed by atoms with Crippen molar-refractivity contribution >= 4 is 34.1 Å². The highest BCUT2D eigenvalue weighted by Crippen LogP contribution is 2.61. The lowest BCUT2D eigenvalue weighted by Gasteiger charge is -2.32. The number of anilines is 6. The smallest absolute Gasteiger partial charge is 0.0467 e. The monoisotopic (exact) mass is 784 g/mol. The van der Waals surface area contributed by atoms with Crippen LogP contribution in [-0.2, 0) is 10.8 Å². The Bertz CT molecular complexity index is 2630. The maximum absolute atomic E-state index is 2.50. The molecule has 2 aliphatic carbocycles. The number of hydrogen-bond acceptors (Lipinski definition) is 2. The molecule has 0 N–H and O–H groups in total. The molecule has 0 heterocycles. The number of fused-ring (bicyclic) bond motifs is 7. The van der Waals surface area contributed by atoms with E-state index < -0.39 is 0 Å². The number of benzene rings is 7. The molecule has 2 aliphatic rings. The SMILES string of the molecule is Cc1ccc(N(c2ccc(C)c(C)c2)c2cc(C)c3c(c2)C(C)(C)c2c-3ccc3c2C(C)(C)c2cc(N(c4ccc(C)c(C)c4)c4ccc(C)c(C)c4)cc(C)c2-3)cc1C. The summed E-state index contributed by atoms with van der Waals surface area (Å²) in [6, 6.07) is 42.3. The zero-order chi connectivity index (χ0) is 42.7. The van der Waals surface area contributed by atoms with E-state index in [0.717, 1.165) is 0 Å². The fraction of sp³-hybridized carbons (Fsp3) is 0.276. The zero-order valence-corrected chi connectivity index (χ0v) is 38.3. The maximum atomic E-state index is 2.50. The highest BCUT2D eigenvalue weighted by molar-refractivity contribution is 5.95. The van der Waals surface area contributed by atoms with E-state index in [0.29, 0.717) is 0 Å². The molecule has 0 saturated carbocycles. The first-order valence-electron chi connectivity index (χ1n) is 21.8. The van der Waals surface area contributed by atoms with Crippen molar-refractivity contribution in [2.75, 3.05) is 9.80 Å². The quantitative estimate of drug-likeness (QED) is 0.166. The van der Waals surface area contributed by atoms with E-state index in [2.05, 4.69) is 216 Å². The van der Waals surface area contributed by atoms with Gasteiger partial charge < -0.3 is 9.80 Å². The minimum Gasteiger partial charge on any atom is -0.310 e. The van der Waals surface area contributed by atoms with Crippen molar-refractivity contribution in [2.24, 2.45) is 0 Å². The lowest BCUT2D eigenvalue weighted by molar-refractivity contribution is 0.601. The molecule has 2 nitrogen and oxygen atoms in total. The summed E-state index contributed by atoms with van der Waals surface area (Å²) in [5, 5.41) is 0. The Kier molecular flexibility index (Phi) is 9.14. The second-order valence-corrected chi connectivity index (χ2v) is 19.3. The van der Waals surface area contributed by atoms with Gasteiger partial charge in [-0.05, 0) is 242 Å². The molecule has 0 saturated heterocycles. The van der Waals surface area contributed by atoms with Crippen molar-refractivity contribution in [3.63, 3.8) is 0 Å². The first kappa shape index (κ1) is 39.6. The van der Waals surface area contributed by atoms with Crippen molar-refractivity contribution in [1.29, 1.82) is 0 Å². The summed E-state index contributed by atoms with van der Waals surface area (Å²) in [6.45, 7) is 32.2. The molecule has 2 heteroatoms. The third-order valence-electron chi connectivity index (χ3n) is 14.5. The standard InChI is InChI=1S/C58H60N2/c1-33-15-19-43(25-37(33)5)59(44-20-16-34(2)38(6)26-44)47-29-41(9)53-49-23-24-50-54-42(10)30-48(32-52(54)58(13,14)56(50)55(49)57(11,12)51(53)31-47)60(45-21-17-35(3)39(7)27-45)46-22-18-36(4)40(8)28-46/h15-32H,1-14H3. The van der Waals surface area contributed by atoms with Gasteiger partial charge in [-0.15, -0.1) is 0 Å². The predicted octanol–water partition coefficient (Wildman–Crippen LogP) is 16.3. The van der Waals surface area contributed by atoms with Gasteiger partial charge in [0.1, 0.15) is 0 Å². The molecular formula is C58H60N2. The number of aryl methyl sites for hydroxylation is 10. The number of rotatable bonds is 6. The topological polar surface area (TPSA) is 6.48 Å². The summed E-state index contributed by atoms with van der Waals surface area (Å²) < 4.78 is 0. The van der Waals surface area contributed by atoms with Crippen LogP contribution in [-0.4, -0.2) is 0 Å². The minimum absolute atomic E-state index is 0.226. The zero-order valence-electron chi connectivity index (χ0n) is 38.3. The Morgan fingerprint density at radius 3 is 0.817 bits per heavy atom. The highest BCUT2D eigenvalue weighted by atomic mass is 15.1. The normalized spacial score (nSPS) is 14.1. The van der Waals surface area contributed by atoms with Crippen LogP contribution < -0.4 is 9.80 Å². The van der Waals surface area contributed by atoms with E-state index in [4.69, 9.17) is 0 Å². The maximum Gasteiger partial charge on any atom is 0.0467 e. The van der Waals surface area contributed by atoms with Gasteiger partial charge in [0.05, 0.1) is 0 Å². The van der Waals surface area contributed by atoms with E-state index in [1.165, 1.54) is 134 Å². The van der Waals surface area contributed by atoms with Crippen molar-refractivity contribution < 1.29 is 0 Å². The Labute approximate surface area is 359 Å². The van der Waals surface area contributed by atoms with Crippen LogP contribution >= 0.6 is 0 Å². The molecule has 0 aromatic heterocycles. The van der Waals surface area contributed by atoms with Gasteiger partial charge in [0.25, 0.3) is 0 Å². The second-order valence-electron chi connectivity index (χ2n) is 19.3. The van der Waals surface area contributed by atoms with Gasteiger partial charge in [0.2, 0.25) is 0 Å². The Hall–Kier alpha value is -5.86. The summed E-state index contributed by atoms with van der Waals surface area (Å²) in [6.07, 6.45) is 0. The largest absolute Gasteiger partial charge is 0.310 e. The van der Waals surface area contributed by atoms with Crippen LogP contribution in [0, 0.1) is 69.2 Å². The summed E-state index contributed by atoms with van der Waals surface area (Å²) in [5.74, 6) is 0. The van der Waals surface area contributed by atoms with Crippen LogP contribution in [0.3, 0.4) is 0 Å². The van der Waals surface area contributed by atoms with Crippen LogP contribution in [0.5, 0.6) is 0 Å². The van der Waals surface area contributed by atoms with Gasteiger partial charge in [0.15, 0.2) is 0 Å². The van der Waals surface area contributed by atoms with Crippen molar-refractivity contribution in [3.05, 3.63) is 187 Å². The van der Waals surface area contributed by atoms with Crippen LogP contribution in [0.15, 0.2) is 109 Å². The number of nitrogens with zero attached hydrogens (tertiary/aromatic N) is 2. The average molecular weight is 785 g/mol. The number of hydrogen-bond donors (Lipinski definition) is 0. The summed E-state index contributed by atoms with van der Waals surface area (Å²) >= 11 is 0. The van der Waals surface area contributed by atoms with Gasteiger partial charge in [-0.3, -0.25) is 0 Å². The van der Waals surface area contributed by atoms with Crippen LogP contribution in [0.1, 0.15) is 106 Å². The summed E-state index contributed by atoms with van der Waals surface area (Å²) in [7, 11) is 0. The predicted molar refractivity (Wildman–Crippen MR) is 258 cm³/mol. The lowest BCUT2D eigenvalue weighted by Crippen LogP contribution is -2.24. The molecule has 0 bridgehead atoms. The van der Waals surface area contributed by atoms with Gasteiger partial charge in [-0.25, -0.2) is 0 Å². The van der Waals surface area contributed by atoms with Gasteiger partial charge in [-0.2, -0.15) is 0 Å². The minimum atomic E-state index is -0.226. The fourth-order valence-corrected chi connectivity index (χ4v) is 10.4. The molecule has 7 aromatic carbocycles. The fourth-order valence-electron chi connectivity index (χ4n) is 10.4. The third-order valence-corrected chi connectivity index (χ3v) is 14.5. The van der Waals surface area contributed by atoms with E-state index in [9.17, 15) is 0 Å². The molecule has 0 aliphatic heterocycles. The van der Waals surface area contributed by atoms with Crippen LogP contribution in [0.2, 0.25) is 0 Å². The van der Waals surface area contributed by atoms with Crippen molar-refractivity contribution in [2.45, 2.75) is 108 Å². The van der Waals surface area contributed by atoms with E-state index in [1.54, 1.807) is 0 Å². The molecule has 7 aromatic rings. The molecule has 302 valence electrons. The molecule has 0 atom stereocenters.